The van der Waals surface area contributed by atoms with Gasteiger partial charge >= 0.3 is 0 Å². The molecule has 1 heterocycles. The fourth-order valence-electron chi connectivity index (χ4n) is 2.66. The molecule has 0 aromatic heterocycles. The number of benzene rings is 1. The Hall–Kier alpha value is -1.50. The van der Waals surface area contributed by atoms with Crippen LogP contribution >= 0.6 is 0 Å². The number of piperazine rings is 1. The Morgan fingerprint density at radius 2 is 1.95 bits per heavy atom. The van der Waals surface area contributed by atoms with Crippen molar-refractivity contribution in [3.8, 4) is 0 Å². The number of rotatable bonds is 5. The van der Waals surface area contributed by atoms with Crippen molar-refractivity contribution < 1.29 is 10.0 Å². The van der Waals surface area contributed by atoms with Crippen molar-refractivity contribution in [2.75, 3.05) is 32.7 Å². The summed E-state index contributed by atoms with van der Waals surface area (Å²) < 4.78 is 0. The van der Waals surface area contributed by atoms with E-state index in [9.17, 15) is 15.2 Å². The highest BCUT2D eigenvalue weighted by molar-refractivity contribution is 5.35. The summed E-state index contributed by atoms with van der Waals surface area (Å²) in [5.74, 6) is 0. The lowest BCUT2D eigenvalue weighted by Gasteiger charge is -2.37. The molecule has 1 atom stereocenters. The molecule has 21 heavy (non-hydrogen) atoms. The van der Waals surface area contributed by atoms with Gasteiger partial charge in [0.05, 0.1) is 11.0 Å². The van der Waals surface area contributed by atoms with Crippen LogP contribution in [0.4, 0.5) is 5.69 Å². The van der Waals surface area contributed by atoms with Crippen LogP contribution in [0.25, 0.3) is 0 Å². The normalized spacial score (nSPS) is 18.9. The molecule has 1 fully saturated rings. The Bertz CT molecular complexity index is 485. The van der Waals surface area contributed by atoms with Crippen molar-refractivity contribution >= 4 is 5.69 Å². The van der Waals surface area contributed by atoms with Gasteiger partial charge in [-0.25, -0.2) is 0 Å². The van der Waals surface area contributed by atoms with Crippen molar-refractivity contribution in [2.24, 2.45) is 0 Å². The number of non-ortho nitro benzene ring substituents is 1. The highest BCUT2D eigenvalue weighted by Crippen LogP contribution is 2.20. The standard InChI is InChI=1S/C15H23N3O3/c1-12(2)17-8-6-16(7-9-17)11-15(19)13-4-3-5-14(10-13)18(20)21/h3-5,10,12,15,19H,6-9,11H2,1-2H3. The predicted molar refractivity (Wildman–Crippen MR) is 81.2 cm³/mol. The van der Waals surface area contributed by atoms with Gasteiger partial charge < -0.3 is 5.11 Å². The molecule has 116 valence electrons. The highest BCUT2D eigenvalue weighted by Gasteiger charge is 2.21. The van der Waals surface area contributed by atoms with E-state index >= 15 is 0 Å². The Labute approximate surface area is 125 Å². The molecule has 1 aromatic carbocycles. The van der Waals surface area contributed by atoms with E-state index in [0.717, 1.165) is 26.2 Å². The maximum absolute atomic E-state index is 10.8. The summed E-state index contributed by atoms with van der Waals surface area (Å²) in [6.45, 7) is 8.74. The minimum atomic E-state index is -0.685. The third-order valence-corrected chi connectivity index (χ3v) is 4.03. The quantitative estimate of drug-likeness (QED) is 0.660. The van der Waals surface area contributed by atoms with E-state index in [4.69, 9.17) is 0 Å². The van der Waals surface area contributed by atoms with Crippen molar-refractivity contribution in [3.05, 3.63) is 39.9 Å². The van der Waals surface area contributed by atoms with Crippen LogP contribution < -0.4 is 0 Å². The van der Waals surface area contributed by atoms with Gasteiger partial charge in [-0.2, -0.15) is 0 Å². The molecule has 1 aliphatic rings. The van der Waals surface area contributed by atoms with Crippen LogP contribution in [0, 0.1) is 10.1 Å². The van der Waals surface area contributed by atoms with E-state index in [1.165, 1.54) is 12.1 Å². The molecular formula is C15H23N3O3. The number of β-amino-alcohol motifs (C(OH)–C–C–N with tert-alkyl or cyclic N) is 1. The van der Waals surface area contributed by atoms with Gasteiger partial charge in [0.1, 0.15) is 0 Å². The van der Waals surface area contributed by atoms with Gasteiger partial charge in [-0.3, -0.25) is 19.9 Å². The molecule has 0 aliphatic carbocycles. The van der Waals surface area contributed by atoms with E-state index in [0.29, 0.717) is 18.2 Å². The number of hydrogen-bond acceptors (Lipinski definition) is 5. The number of hydrogen-bond donors (Lipinski definition) is 1. The zero-order valence-corrected chi connectivity index (χ0v) is 12.6. The first-order chi connectivity index (χ1) is 9.97. The van der Waals surface area contributed by atoms with Crippen molar-refractivity contribution in [1.29, 1.82) is 0 Å². The number of nitro benzene ring substituents is 1. The van der Waals surface area contributed by atoms with Gasteiger partial charge in [-0.05, 0) is 19.4 Å². The van der Waals surface area contributed by atoms with Crippen molar-refractivity contribution in [1.82, 2.24) is 9.80 Å². The second kappa shape index (κ2) is 6.98. The van der Waals surface area contributed by atoms with Crippen LogP contribution in [-0.2, 0) is 0 Å². The van der Waals surface area contributed by atoms with Crippen LogP contribution in [0.3, 0.4) is 0 Å². The zero-order chi connectivity index (χ0) is 15.4. The van der Waals surface area contributed by atoms with E-state index in [1.54, 1.807) is 12.1 Å². The van der Waals surface area contributed by atoms with Gasteiger partial charge in [-0.1, -0.05) is 12.1 Å². The summed E-state index contributed by atoms with van der Waals surface area (Å²) in [4.78, 5) is 15.0. The van der Waals surface area contributed by atoms with Gasteiger partial charge in [0.15, 0.2) is 0 Å². The lowest BCUT2D eigenvalue weighted by Crippen LogP contribution is -2.49. The summed E-state index contributed by atoms with van der Waals surface area (Å²) >= 11 is 0. The van der Waals surface area contributed by atoms with Crippen LogP contribution in [0.15, 0.2) is 24.3 Å². The molecule has 0 bridgehead atoms. The summed E-state index contributed by atoms with van der Waals surface area (Å²) in [5.41, 5.74) is 0.631. The molecule has 0 spiro atoms. The molecule has 0 radical (unpaired) electrons. The topological polar surface area (TPSA) is 69.8 Å². The third kappa shape index (κ3) is 4.23. The first-order valence-corrected chi connectivity index (χ1v) is 7.36. The van der Waals surface area contributed by atoms with E-state index < -0.39 is 11.0 Å². The van der Waals surface area contributed by atoms with Crippen molar-refractivity contribution in [2.45, 2.75) is 26.0 Å². The lowest BCUT2D eigenvalue weighted by molar-refractivity contribution is -0.385. The number of nitrogens with zero attached hydrogens (tertiary/aromatic N) is 3. The fraction of sp³-hybridized carbons (Fsp3) is 0.600. The van der Waals surface area contributed by atoms with E-state index in [1.807, 2.05) is 0 Å². The van der Waals surface area contributed by atoms with Gasteiger partial charge in [0, 0.05) is 50.9 Å². The molecule has 1 unspecified atom stereocenters. The molecule has 6 heteroatoms. The van der Waals surface area contributed by atoms with Gasteiger partial charge in [0.2, 0.25) is 0 Å². The predicted octanol–water partition coefficient (Wildman–Crippen LogP) is 1.65. The molecule has 6 nitrogen and oxygen atoms in total. The molecule has 1 N–H and O–H groups in total. The molecule has 2 rings (SSSR count). The molecule has 0 saturated carbocycles. The minimum absolute atomic E-state index is 0.0242. The van der Waals surface area contributed by atoms with Crippen LogP contribution in [-0.4, -0.2) is 58.6 Å². The average molecular weight is 293 g/mol. The monoisotopic (exact) mass is 293 g/mol. The smallest absolute Gasteiger partial charge is 0.269 e. The summed E-state index contributed by atoms with van der Waals surface area (Å²) in [6.07, 6.45) is -0.685. The largest absolute Gasteiger partial charge is 0.387 e. The minimum Gasteiger partial charge on any atom is -0.387 e. The molecule has 1 aromatic rings. The third-order valence-electron chi connectivity index (χ3n) is 4.03. The Morgan fingerprint density at radius 1 is 1.29 bits per heavy atom. The number of aliphatic hydroxyl groups is 1. The van der Waals surface area contributed by atoms with E-state index in [-0.39, 0.29) is 5.69 Å². The SMILES string of the molecule is CC(C)N1CCN(CC(O)c2cccc([N+](=O)[O-])c2)CC1. The summed E-state index contributed by atoms with van der Waals surface area (Å²) in [5, 5.41) is 21.0. The summed E-state index contributed by atoms with van der Waals surface area (Å²) in [6, 6.07) is 6.80. The van der Waals surface area contributed by atoms with E-state index in [2.05, 4.69) is 23.6 Å². The van der Waals surface area contributed by atoms with Crippen molar-refractivity contribution in [3.63, 3.8) is 0 Å². The molecule has 1 aliphatic heterocycles. The first-order valence-electron chi connectivity index (χ1n) is 7.36. The molecule has 0 amide bonds. The highest BCUT2D eigenvalue weighted by atomic mass is 16.6. The molecule has 1 saturated heterocycles. The average Bonchev–Trinajstić information content (AvgIpc) is 2.48. The second-order valence-corrected chi connectivity index (χ2v) is 5.80. The fourth-order valence-corrected chi connectivity index (χ4v) is 2.66. The first kappa shape index (κ1) is 15.9. The number of aliphatic hydroxyl groups excluding tert-OH is 1. The molecular weight excluding hydrogens is 270 g/mol. The summed E-state index contributed by atoms with van der Waals surface area (Å²) in [7, 11) is 0. The Morgan fingerprint density at radius 3 is 2.52 bits per heavy atom. The maximum Gasteiger partial charge on any atom is 0.269 e. The zero-order valence-electron chi connectivity index (χ0n) is 12.6. The van der Waals surface area contributed by atoms with Crippen LogP contribution in [0.5, 0.6) is 0 Å². The maximum atomic E-state index is 10.8. The van der Waals surface area contributed by atoms with Crippen LogP contribution in [0.1, 0.15) is 25.5 Å². The van der Waals surface area contributed by atoms with Crippen LogP contribution in [0.2, 0.25) is 0 Å². The Kier molecular flexibility index (Phi) is 5.27. The van der Waals surface area contributed by atoms with Gasteiger partial charge in [-0.15, -0.1) is 0 Å². The Balaban J connectivity index is 1.91. The number of nitro groups is 1. The van der Waals surface area contributed by atoms with Gasteiger partial charge in [0.25, 0.3) is 5.69 Å². The second-order valence-electron chi connectivity index (χ2n) is 5.80. The lowest BCUT2D eigenvalue weighted by atomic mass is 10.1.